The minimum absolute atomic E-state index is 0.179. The van der Waals surface area contributed by atoms with Gasteiger partial charge in [0.25, 0.3) is 0 Å². The highest BCUT2D eigenvalue weighted by molar-refractivity contribution is 5.89. The average molecular weight is 219 g/mol. The number of hydrogen-bond donors (Lipinski definition) is 2. The molecule has 3 rings (SSSR count). The van der Waals surface area contributed by atoms with E-state index in [9.17, 15) is 4.79 Å². The molecule has 2 aliphatic rings. The number of amides is 1. The van der Waals surface area contributed by atoms with Crippen LogP contribution in [-0.4, -0.2) is 23.7 Å². The Labute approximate surface area is 95.0 Å². The molecule has 0 aromatic carbocycles. The highest BCUT2D eigenvalue weighted by Crippen LogP contribution is 2.58. The first-order chi connectivity index (χ1) is 7.80. The van der Waals surface area contributed by atoms with Crippen molar-refractivity contribution in [1.82, 2.24) is 9.99 Å². The van der Waals surface area contributed by atoms with Crippen LogP contribution >= 0.6 is 0 Å². The van der Waals surface area contributed by atoms with Crippen LogP contribution < -0.4 is 10.7 Å². The summed E-state index contributed by atoms with van der Waals surface area (Å²) in [4.78, 5) is 12.0. The van der Waals surface area contributed by atoms with Gasteiger partial charge in [-0.3, -0.25) is 14.9 Å². The molecule has 0 radical (unpaired) electrons. The average Bonchev–Trinajstić information content (AvgIpc) is 2.76. The van der Waals surface area contributed by atoms with Crippen molar-refractivity contribution in [2.24, 2.45) is 11.3 Å². The van der Waals surface area contributed by atoms with E-state index in [1.807, 2.05) is 24.5 Å². The third-order valence-electron chi connectivity index (χ3n) is 3.95. The van der Waals surface area contributed by atoms with Crippen molar-refractivity contribution in [2.45, 2.75) is 19.3 Å². The zero-order chi connectivity index (χ0) is 11.0. The standard InChI is InChI=1S/C12H17N3O/c16-11(14-15-7-1-2-8-15)10-9-12(10)3-5-13-6-4-12/h1-2,7-8,10,13H,3-6,9H2,(H,14,16). The number of nitrogens with one attached hydrogen (secondary N) is 2. The molecule has 2 N–H and O–H groups in total. The largest absolute Gasteiger partial charge is 0.317 e. The van der Waals surface area contributed by atoms with E-state index in [-0.39, 0.29) is 11.8 Å². The fourth-order valence-electron chi connectivity index (χ4n) is 2.81. The summed E-state index contributed by atoms with van der Waals surface area (Å²) in [7, 11) is 0. The van der Waals surface area contributed by atoms with Crippen LogP contribution in [0.2, 0.25) is 0 Å². The Hall–Kier alpha value is -1.29. The van der Waals surface area contributed by atoms with Gasteiger partial charge in [-0.25, -0.2) is 0 Å². The Kier molecular flexibility index (Phi) is 2.24. The molecule has 1 unspecified atom stereocenters. The van der Waals surface area contributed by atoms with Gasteiger partial charge in [0.05, 0.1) is 0 Å². The van der Waals surface area contributed by atoms with E-state index in [4.69, 9.17) is 0 Å². The second kappa shape index (κ2) is 3.63. The van der Waals surface area contributed by atoms with Crippen LogP contribution in [0.1, 0.15) is 19.3 Å². The molecular weight excluding hydrogens is 202 g/mol. The molecule has 4 heteroatoms. The quantitative estimate of drug-likeness (QED) is 0.778. The molecule has 1 aromatic heterocycles. The molecule has 0 bridgehead atoms. The van der Waals surface area contributed by atoms with Gasteiger partial charge < -0.3 is 5.32 Å². The van der Waals surface area contributed by atoms with Gasteiger partial charge >= 0.3 is 0 Å². The normalized spacial score (nSPS) is 26.6. The third-order valence-corrected chi connectivity index (χ3v) is 3.95. The van der Waals surface area contributed by atoms with Gasteiger partial charge in [0, 0.05) is 18.3 Å². The Morgan fingerprint density at radius 3 is 2.69 bits per heavy atom. The van der Waals surface area contributed by atoms with Gasteiger partial charge in [0.1, 0.15) is 0 Å². The number of aromatic nitrogens is 1. The van der Waals surface area contributed by atoms with E-state index in [0.717, 1.165) is 32.4 Å². The van der Waals surface area contributed by atoms with Crippen LogP contribution in [-0.2, 0) is 4.79 Å². The topological polar surface area (TPSA) is 46.1 Å². The fraction of sp³-hybridized carbons (Fsp3) is 0.583. The predicted molar refractivity (Wildman–Crippen MR) is 61.4 cm³/mol. The molecule has 1 saturated heterocycles. The van der Waals surface area contributed by atoms with Crippen LogP contribution in [0.4, 0.5) is 0 Å². The summed E-state index contributed by atoms with van der Waals surface area (Å²) in [5.41, 5.74) is 3.23. The van der Waals surface area contributed by atoms with Crippen LogP contribution in [0.5, 0.6) is 0 Å². The molecule has 1 atom stereocenters. The van der Waals surface area contributed by atoms with E-state index >= 15 is 0 Å². The molecule has 1 aliphatic carbocycles. The molecule has 16 heavy (non-hydrogen) atoms. The lowest BCUT2D eigenvalue weighted by Gasteiger charge is -2.23. The summed E-state index contributed by atoms with van der Waals surface area (Å²) in [5.74, 6) is 0.412. The lowest BCUT2D eigenvalue weighted by atomic mass is 9.92. The summed E-state index contributed by atoms with van der Waals surface area (Å²) >= 11 is 0. The zero-order valence-corrected chi connectivity index (χ0v) is 9.28. The first kappa shape index (κ1) is 9.90. The van der Waals surface area contributed by atoms with Crippen molar-refractivity contribution in [1.29, 1.82) is 0 Å². The predicted octanol–water partition coefficient (Wildman–Crippen LogP) is 0.948. The molecular formula is C12H17N3O. The van der Waals surface area contributed by atoms with Crippen molar-refractivity contribution in [3.8, 4) is 0 Å². The second-order valence-electron chi connectivity index (χ2n) is 4.94. The van der Waals surface area contributed by atoms with Crippen molar-refractivity contribution in [3.05, 3.63) is 24.5 Å². The van der Waals surface area contributed by atoms with Gasteiger partial charge in [0.15, 0.2) is 0 Å². The maximum atomic E-state index is 12.0. The molecule has 4 nitrogen and oxygen atoms in total. The number of nitrogens with zero attached hydrogens (tertiary/aromatic N) is 1. The van der Waals surface area contributed by atoms with E-state index in [1.54, 1.807) is 4.68 Å². The molecule has 1 amide bonds. The Morgan fingerprint density at radius 1 is 1.31 bits per heavy atom. The van der Waals surface area contributed by atoms with E-state index in [2.05, 4.69) is 10.7 Å². The molecule has 86 valence electrons. The lowest BCUT2D eigenvalue weighted by molar-refractivity contribution is -0.119. The first-order valence-electron chi connectivity index (χ1n) is 5.95. The zero-order valence-electron chi connectivity index (χ0n) is 9.28. The second-order valence-corrected chi connectivity index (χ2v) is 4.94. The molecule has 1 spiro atoms. The lowest BCUT2D eigenvalue weighted by Crippen LogP contribution is -2.33. The smallest absolute Gasteiger partial charge is 0.242 e. The Bertz CT molecular complexity index is 379. The minimum Gasteiger partial charge on any atom is -0.317 e. The number of rotatable bonds is 2. The van der Waals surface area contributed by atoms with E-state index < -0.39 is 0 Å². The molecule has 2 fully saturated rings. The van der Waals surface area contributed by atoms with Gasteiger partial charge in [-0.15, -0.1) is 0 Å². The van der Waals surface area contributed by atoms with Crippen LogP contribution in [0.25, 0.3) is 0 Å². The maximum Gasteiger partial charge on any atom is 0.242 e. The summed E-state index contributed by atoms with van der Waals surface area (Å²) < 4.78 is 1.73. The number of carbonyl (C=O) groups excluding carboxylic acids is 1. The van der Waals surface area contributed by atoms with Crippen LogP contribution in [0.15, 0.2) is 24.5 Å². The summed E-state index contributed by atoms with van der Waals surface area (Å²) in [5, 5.41) is 3.35. The summed E-state index contributed by atoms with van der Waals surface area (Å²) in [6.45, 7) is 2.13. The SMILES string of the molecule is O=C(Nn1cccc1)C1CC12CCNCC2. The number of hydrogen-bond acceptors (Lipinski definition) is 2. The van der Waals surface area contributed by atoms with Crippen molar-refractivity contribution in [2.75, 3.05) is 18.5 Å². The van der Waals surface area contributed by atoms with Crippen LogP contribution in [0.3, 0.4) is 0 Å². The van der Waals surface area contributed by atoms with E-state index in [1.165, 1.54) is 0 Å². The van der Waals surface area contributed by atoms with Crippen LogP contribution in [0, 0.1) is 11.3 Å². The Morgan fingerprint density at radius 2 is 2.00 bits per heavy atom. The van der Waals surface area contributed by atoms with E-state index in [0.29, 0.717) is 5.41 Å². The molecule has 2 heterocycles. The van der Waals surface area contributed by atoms with Crippen molar-refractivity contribution < 1.29 is 4.79 Å². The minimum atomic E-state index is 0.179. The first-order valence-corrected chi connectivity index (χ1v) is 5.95. The molecule has 1 saturated carbocycles. The summed E-state index contributed by atoms with van der Waals surface area (Å²) in [6.07, 6.45) is 7.08. The third kappa shape index (κ3) is 1.63. The van der Waals surface area contributed by atoms with Gasteiger partial charge in [-0.05, 0) is 49.9 Å². The van der Waals surface area contributed by atoms with Gasteiger partial charge in [-0.1, -0.05) is 0 Å². The van der Waals surface area contributed by atoms with Crippen molar-refractivity contribution >= 4 is 5.91 Å². The molecule has 1 aromatic rings. The summed E-state index contributed by atoms with van der Waals surface area (Å²) in [6, 6.07) is 3.82. The number of carbonyl (C=O) groups is 1. The van der Waals surface area contributed by atoms with Gasteiger partial charge in [-0.2, -0.15) is 0 Å². The monoisotopic (exact) mass is 219 g/mol. The highest BCUT2D eigenvalue weighted by atomic mass is 16.2. The maximum absolute atomic E-state index is 12.0. The van der Waals surface area contributed by atoms with Crippen molar-refractivity contribution in [3.63, 3.8) is 0 Å². The fourth-order valence-corrected chi connectivity index (χ4v) is 2.81. The molecule has 1 aliphatic heterocycles. The highest BCUT2D eigenvalue weighted by Gasteiger charge is 2.57. The number of piperidine rings is 1. The van der Waals surface area contributed by atoms with Gasteiger partial charge in [0.2, 0.25) is 5.91 Å². The Balaban J connectivity index is 1.61.